The van der Waals surface area contributed by atoms with Crippen LogP contribution < -0.4 is 10.3 Å². The van der Waals surface area contributed by atoms with Crippen LogP contribution in [0.2, 0.25) is 0 Å². The van der Waals surface area contributed by atoms with Gasteiger partial charge in [-0.15, -0.1) is 0 Å². The minimum absolute atomic E-state index is 0.0325. The first-order chi connectivity index (χ1) is 14.9. The Morgan fingerprint density at radius 3 is 2.55 bits per heavy atom. The molecule has 3 aromatic rings. The Labute approximate surface area is 180 Å². The number of aryl methyl sites for hydroxylation is 1. The topological polar surface area (TPSA) is 73.7 Å². The number of rotatable bonds is 5. The Bertz CT molecular complexity index is 1190. The monoisotopic (exact) mass is 419 g/mol. The molecule has 0 bridgehead atoms. The summed E-state index contributed by atoms with van der Waals surface area (Å²) in [5, 5.41) is 0.471. The highest BCUT2D eigenvalue weighted by Crippen LogP contribution is 2.20. The highest BCUT2D eigenvalue weighted by molar-refractivity contribution is 5.94. The van der Waals surface area contributed by atoms with E-state index in [2.05, 4.69) is 11.6 Å². The lowest BCUT2D eigenvalue weighted by Gasteiger charge is -2.26. The van der Waals surface area contributed by atoms with Crippen molar-refractivity contribution in [2.24, 2.45) is 0 Å². The SMILES string of the molecule is C=C(C)COc1ccc2nc(C)n(-c3ccc(C(=O)N4CCOCC4)cc3)c(=O)c2c1. The number of benzene rings is 2. The van der Waals surface area contributed by atoms with Gasteiger partial charge in [-0.2, -0.15) is 0 Å². The van der Waals surface area contributed by atoms with Crippen molar-refractivity contribution in [3.05, 3.63) is 76.4 Å². The van der Waals surface area contributed by atoms with Gasteiger partial charge in [0.2, 0.25) is 0 Å². The summed E-state index contributed by atoms with van der Waals surface area (Å²) in [7, 11) is 0. The molecule has 0 N–H and O–H groups in total. The van der Waals surface area contributed by atoms with Crippen LogP contribution in [-0.4, -0.2) is 53.3 Å². The molecule has 0 atom stereocenters. The van der Waals surface area contributed by atoms with Crippen LogP contribution in [-0.2, 0) is 4.74 Å². The first-order valence-electron chi connectivity index (χ1n) is 10.2. The second kappa shape index (κ2) is 8.73. The quantitative estimate of drug-likeness (QED) is 0.594. The summed E-state index contributed by atoms with van der Waals surface area (Å²) in [6.45, 7) is 10.2. The van der Waals surface area contributed by atoms with E-state index in [9.17, 15) is 9.59 Å². The molecule has 1 saturated heterocycles. The fourth-order valence-electron chi connectivity index (χ4n) is 3.58. The summed E-state index contributed by atoms with van der Waals surface area (Å²) in [6.07, 6.45) is 0. The zero-order valence-electron chi connectivity index (χ0n) is 17.8. The van der Waals surface area contributed by atoms with Gasteiger partial charge in [-0.25, -0.2) is 4.98 Å². The summed E-state index contributed by atoms with van der Waals surface area (Å²) in [5.41, 5.74) is 2.56. The van der Waals surface area contributed by atoms with Crippen molar-refractivity contribution in [3.63, 3.8) is 0 Å². The summed E-state index contributed by atoms with van der Waals surface area (Å²) in [5.74, 6) is 1.13. The molecule has 1 amide bonds. The number of nitrogens with zero attached hydrogens (tertiary/aromatic N) is 3. The fraction of sp³-hybridized carbons (Fsp3) is 0.292. The molecule has 2 heterocycles. The van der Waals surface area contributed by atoms with Gasteiger partial charge in [0.1, 0.15) is 18.2 Å². The van der Waals surface area contributed by atoms with Crippen molar-refractivity contribution < 1.29 is 14.3 Å². The van der Waals surface area contributed by atoms with Gasteiger partial charge in [0, 0.05) is 18.7 Å². The zero-order chi connectivity index (χ0) is 22.0. The van der Waals surface area contributed by atoms with Crippen LogP contribution >= 0.6 is 0 Å². The molecule has 0 aliphatic carbocycles. The summed E-state index contributed by atoms with van der Waals surface area (Å²) in [6, 6.07) is 12.3. The molecule has 160 valence electrons. The van der Waals surface area contributed by atoms with E-state index in [0.29, 0.717) is 66.6 Å². The fourth-order valence-corrected chi connectivity index (χ4v) is 3.58. The van der Waals surface area contributed by atoms with Crippen LogP contribution in [0.3, 0.4) is 0 Å². The molecule has 31 heavy (non-hydrogen) atoms. The minimum atomic E-state index is -0.185. The lowest BCUT2D eigenvalue weighted by atomic mass is 10.1. The van der Waals surface area contributed by atoms with E-state index in [1.165, 1.54) is 0 Å². The molecule has 7 heteroatoms. The maximum Gasteiger partial charge on any atom is 0.266 e. The zero-order valence-corrected chi connectivity index (χ0v) is 17.8. The largest absolute Gasteiger partial charge is 0.489 e. The van der Waals surface area contributed by atoms with E-state index in [4.69, 9.17) is 9.47 Å². The molecule has 1 fully saturated rings. The van der Waals surface area contributed by atoms with E-state index < -0.39 is 0 Å². The lowest BCUT2D eigenvalue weighted by molar-refractivity contribution is 0.0303. The molecule has 1 aliphatic heterocycles. The molecule has 4 rings (SSSR count). The lowest BCUT2D eigenvalue weighted by Crippen LogP contribution is -2.40. The number of ether oxygens (including phenoxy) is 2. The minimum Gasteiger partial charge on any atom is -0.489 e. The van der Waals surface area contributed by atoms with Crippen molar-refractivity contribution in [1.29, 1.82) is 0 Å². The van der Waals surface area contributed by atoms with E-state index in [1.54, 1.807) is 58.9 Å². The number of carbonyl (C=O) groups is 1. The number of amides is 1. The normalized spacial score (nSPS) is 13.9. The van der Waals surface area contributed by atoms with Gasteiger partial charge >= 0.3 is 0 Å². The highest BCUT2D eigenvalue weighted by atomic mass is 16.5. The van der Waals surface area contributed by atoms with Crippen molar-refractivity contribution in [2.75, 3.05) is 32.9 Å². The number of carbonyl (C=O) groups excluding carboxylic acids is 1. The van der Waals surface area contributed by atoms with Gasteiger partial charge in [-0.1, -0.05) is 6.58 Å². The second-order valence-electron chi connectivity index (χ2n) is 7.68. The Hall–Kier alpha value is -3.45. The van der Waals surface area contributed by atoms with Gasteiger partial charge < -0.3 is 14.4 Å². The molecular formula is C24H25N3O4. The van der Waals surface area contributed by atoms with Gasteiger partial charge in [0.05, 0.1) is 29.8 Å². The van der Waals surface area contributed by atoms with E-state index in [-0.39, 0.29) is 11.5 Å². The van der Waals surface area contributed by atoms with Crippen LogP contribution in [0.15, 0.2) is 59.4 Å². The molecule has 0 spiro atoms. The maximum absolute atomic E-state index is 13.3. The molecule has 0 radical (unpaired) electrons. The number of hydrogen-bond acceptors (Lipinski definition) is 5. The van der Waals surface area contributed by atoms with E-state index in [0.717, 1.165) is 5.57 Å². The predicted octanol–water partition coefficient (Wildman–Crippen LogP) is 3.12. The Kier molecular flexibility index (Phi) is 5.86. The van der Waals surface area contributed by atoms with Crippen LogP contribution in [0, 0.1) is 6.92 Å². The van der Waals surface area contributed by atoms with Crippen LogP contribution in [0.1, 0.15) is 23.1 Å². The van der Waals surface area contributed by atoms with E-state index in [1.807, 2.05) is 6.92 Å². The Morgan fingerprint density at radius 1 is 1.16 bits per heavy atom. The smallest absolute Gasteiger partial charge is 0.266 e. The molecule has 2 aromatic carbocycles. The van der Waals surface area contributed by atoms with Gasteiger partial charge in [-0.3, -0.25) is 14.2 Å². The summed E-state index contributed by atoms with van der Waals surface area (Å²) in [4.78, 5) is 32.3. The third-order valence-electron chi connectivity index (χ3n) is 5.16. The second-order valence-corrected chi connectivity index (χ2v) is 7.68. The Morgan fingerprint density at radius 2 is 1.87 bits per heavy atom. The van der Waals surface area contributed by atoms with E-state index >= 15 is 0 Å². The van der Waals surface area contributed by atoms with Gasteiger partial charge in [0.25, 0.3) is 11.5 Å². The number of hydrogen-bond donors (Lipinski definition) is 0. The first kappa shape index (κ1) is 20.8. The number of aromatic nitrogens is 2. The summed E-state index contributed by atoms with van der Waals surface area (Å²) >= 11 is 0. The number of fused-ring (bicyclic) bond motifs is 1. The standard InChI is InChI=1S/C24H25N3O4/c1-16(2)15-31-20-8-9-22-21(14-20)24(29)27(17(3)25-22)19-6-4-18(5-7-19)23(28)26-10-12-30-13-11-26/h4-9,14H,1,10-13,15H2,2-3H3. The van der Waals surface area contributed by atoms with Crippen LogP contribution in [0.5, 0.6) is 5.75 Å². The predicted molar refractivity (Wildman–Crippen MR) is 119 cm³/mol. The summed E-state index contributed by atoms with van der Waals surface area (Å²) < 4.78 is 12.5. The average molecular weight is 419 g/mol. The first-order valence-corrected chi connectivity index (χ1v) is 10.2. The van der Waals surface area contributed by atoms with Crippen LogP contribution in [0.25, 0.3) is 16.6 Å². The molecular weight excluding hydrogens is 394 g/mol. The van der Waals surface area contributed by atoms with Crippen molar-refractivity contribution in [3.8, 4) is 11.4 Å². The van der Waals surface area contributed by atoms with Gasteiger partial charge in [0.15, 0.2) is 0 Å². The molecule has 0 saturated carbocycles. The average Bonchev–Trinajstić information content (AvgIpc) is 2.78. The highest BCUT2D eigenvalue weighted by Gasteiger charge is 2.19. The third kappa shape index (κ3) is 4.36. The maximum atomic E-state index is 13.3. The molecule has 1 aliphatic rings. The van der Waals surface area contributed by atoms with Crippen LogP contribution in [0.4, 0.5) is 0 Å². The third-order valence-corrected chi connectivity index (χ3v) is 5.16. The van der Waals surface area contributed by atoms with Crippen molar-refractivity contribution >= 4 is 16.8 Å². The Balaban J connectivity index is 1.67. The van der Waals surface area contributed by atoms with Crippen molar-refractivity contribution in [1.82, 2.24) is 14.5 Å². The van der Waals surface area contributed by atoms with Gasteiger partial charge in [-0.05, 0) is 61.9 Å². The molecule has 7 nitrogen and oxygen atoms in total. The van der Waals surface area contributed by atoms with Crippen molar-refractivity contribution in [2.45, 2.75) is 13.8 Å². The number of morpholine rings is 1. The molecule has 0 unspecified atom stereocenters. The molecule has 1 aromatic heterocycles.